The zero-order chi connectivity index (χ0) is 14.8. The monoisotopic (exact) mass is 365 g/mol. The molecule has 1 aliphatic heterocycles. The minimum absolute atomic E-state index is 0.261. The molecule has 1 unspecified atom stereocenters. The molecule has 0 spiro atoms. The second kappa shape index (κ2) is 6.51. The molecule has 2 aromatic rings. The molecule has 1 aliphatic rings. The SMILES string of the molecule is CCNC(c1ccc2c(c1)CCCO2)c1cc(C)c(Br)s1. The van der Waals surface area contributed by atoms with Crippen molar-refractivity contribution in [2.45, 2.75) is 32.7 Å². The summed E-state index contributed by atoms with van der Waals surface area (Å²) in [6.07, 6.45) is 2.24. The third-order valence-corrected chi connectivity index (χ3v) is 6.04. The van der Waals surface area contributed by atoms with Gasteiger partial charge in [0.05, 0.1) is 16.4 Å². The highest BCUT2D eigenvalue weighted by Crippen LogP contribution is 2.36. The zero-order valence-electron chi connectivity index (χ0n) is 12.4. The predicted octanol–water partition coefficient (Wildman–Crippen LogP) is 4.84. The number of hydrogen-bond acceptors (Lipinski definition) is 3. The van der Waals surface area contributed by atoms with Crippen LogP contribution in [0.5, 0.6) is 5.75 Å². The molecule has 1 atom stereocenters. The van der Waals surface area contributed by atoms with Gasteiger partial charge in [-0.1, -0.05) is 19.1 Å². The molecule has 112 valence electrons. The van der Waals surface area contributed by atoms with Crippen LogP contribution in [0.3, 0.4) is 0 Å². The van der Waals surface area contributed by atoms with Crippen LogP contribution in [-0.4, -0.2) is 13.2 Å². The van der Waals surface area contributed by atoms with E-state index < -0.39 is 0 Å². The molecule has 1 aromatic heterocycles. The molecule has 1 N–H and O–H groups in total. The first kappa shape index (κ1) is 15.1. The standard InChI is InChI=1S/C17H20BrNOS/c1-3-19-16(15-9-11(2)17(18)21-15)13-6-7-14-12(10-13)5-4-8-20-14/h6-7,9-10,16,19H,3-5,8H2,1-2H3. The lowest BCUT2D eigenvalue weighted by Gasteiger charge is -2.22. The van der Waals surface area contributed by atoms with E-state index in [1.807, 2.05) is 11.3 Å². The minimum atomic E-state index is 0.261. The van der Waals surface area contributed by atoms with Crippen LogP contribution in [0, 0.1) is 6.92 Å². The average Bonchev–Trinajstić information content (AvgIpc) is 2.83. The number of nitrogens with one attached hydrogen (secondary N) is 1. The van der Waals surface area contributed by atoms with E-state index in [0.29, 0.717) is 0 Å². The lowest BCUT2D eigenvalue weighted by atomic mass is 9.98. The van der Waals surface area contributed by atoms with Gasteiger partial charge in [-0.15, -0.1) is 11.3 Å². The molecule has 0 aliphatic carbocycles. The number of benzene rings is 1. The topological polar surface area (TPSA) is 21.3 Å². The lowest BCUT2D eigenvalue weighted by molar-refractivity contribution is 0.288. The van der Waals surface area contributed by atoms with Crippen LogP contribution in [0.2, 0.25) is 0 Å². The first-order valence-corrected chi connectivity index (χ1v) is 9.05. The Morgan fingerprint density at radius 3 is 2.95 bits per heavy atom. The number of fused-ring (bicyclic) bond motifs is 1. The van der Waals surface area contributed by atoms with Gasteiger partial charge in [-0.05, 0) is 71.1 Å². The first-order chi connectivity index (χ1) is 10.2. The molecule has 0 saturated carbocycles. The van der Waals surface area contributed by atoms with Crippen molar-refractivity contribution in [2.24, 2.45) is 0 Å². The van der Waals surface area contributed by atoms with Crippen molar-refractivity contribution in [3.05, 3.63) is 49.6 Å². The van der Waals surface area contributed by atoms with E-state index in [-0.39, 0.29) is 6.04 Å². The van der Waals surface area contributed by atoms with Gasteiger partial charge in [-0.2, -0.15) is 0 Å². The average molecular weight is 366 g/mol. The molecule has 1 aromatic carbocycles. The van der Waals surface area contributed by atoms with Gasteiger partial charge < -0.3 is 10.1 Å². The maximum atomic E-state index is 5.72. The van der Waals surface area contributed by atoms with Crippen LogP contribution in [0.15, 0.2) is 28.1 Å². The van der Waals surface area contributed by atoms with Gasteiger partial charge in [0, 0.05) is 4.88 Å². The summed E-state index contributed by atoms with van der Waals surface area (Å²) >= 11 is 5.46. The summed E-state index contributed by atoms with van der Waals surface area (Å²) in [5, 5.41) is 3.61. The zero-order valence-corrected chi connectivity index (χ0v) is 14.8. The van der Waals surface area contributed by atoms with Gasteiger partial charge in [0.1, 0.15) is 5.75 Å². The third-order valence-electron chi connectivity index (χ3n) is 3.83. The van der Waals surface area contributed by atoms with Gasteiger partial charge in [0.2, 0.25) is 0 Å². The summed E-state index contributed by atoms with van der Waals surface area (Å²) in [5.74, 6) is 1.06. The number of thiophene rings is 1. The second-order valence-corrected chi connectivity index (χ2v) is 7.82. The fraction of sp³-hybridized carbons (Fsp3) is 0.412. The van der Waals surface area contributed by atoms with Gasteiger partial charge in [-0.3, -0.25) is 0 Å². The van der Waals surface area contributed by atoms with E-state index in [4.69, 9.17) is 4.74 Å². The molecule has 0 radical (unpaired) electrons. The molecule has 21 heavy (non-hydrogen) atoms. The molecule has 0 bridgehead atoms. The van der Waals surface area contributed by atoms with E-state index in [0.717, 1.165) is 31.7 Å². The second-order valence-electron chi connectivity index (χ2n) is 5.42. The summed E-state index contributed by atoms with van der Waals surface area (Å²) in [7, 11) is 0. The number of rotatable bonds is 4. The largest absolute Gasteiger partial charge is 0.493 e. The van der Waals surface area contributed by atoms with Crippen LogP contribution < -0.4 is 10.1 Å². The van der Waals surface area contributed by atoms with Gasteiger partial charge in [0.15, 0.2) is 0 Å². The molecule has 2 nitrogen and oxygen atoms in total. The Balaban J connectivity index is 1.97. The highest BCUT2D eigenvalue weighted by Gasteiger charge is 2.19. The Morgan fingerprint density at radius 1 is 1.38 bits per heavy atom. The van der Waals surface area contributed by atoms with Crippen molar-refractivity contribution >= 4 is 27.3 Å². The number of aryl methyl sites for hydroxylation is 2. The van der Waals surface area contributed by atoms with Gasteiger partial charge in [-0.25, -0.2) is 0 Å². The van der Waals surface area contributed by atoms with Crippen LogP contribution >= 0.6 is 27.3 Å². The molecular weight excluding hydrogens is 346 g/mol. The van der Waals surface area contributed by atoms with E-state index in [1.165, 1.54) is 25.4 Å². The third kappa shape index (κ3) is 3.17. The molecule has 0 fully saturated rings. The minimum Gasteiger partial charge on any atom is -0.493 e. The van der Waals surface area contributed by atoms with Gasteiger partial charge in [0.25, 0.3) is 0 Å². The van der Waals surface area contributed by atoms with E-state index in [9.17, 15) is 0 Å². The first-order valence-electron chi connectivity index (χ1n) is 7.44. The molecule has 4 heteroatoms. The number of halogens is 1. The quantitative estimate of drug-likeness (QED) is 0.836. The van der Waals surface area contributed by atoms with Gasteiger partial charge >= 0.3 is 0 Å². The summed E-state index contributed by atoms with van der Waals surface area (Å²) in [6, 6.07) is 9.17. The van der Waals surface area contributed by atoms with Crippen molar-refractivity contribution in [1.29, 1.82) is 0 Å². The fourth-order valence-electron chi connectivity index (χ4n) is 2.77. The molecular formula is C17H20BrNOS. The van der Waals surface area contributed by atoms with Crippen LogP contribution in [0.4, 0.5) is 0 Å². The van der Waals surface area contributed by atoms with E-state index in [2.05, 4.69) is 59.4 Å². The lowest BCUT2D eigenvalue weighted by Crippen LogP contribution is -2.21. The van der Waals surface area contributed by atoms with Crippen molar-refractivity contribution in [3.8, 4) is 5.75 Å². The normalized spacial score (nSPS) is 15.4. The predicted molar refractivity (Wildman–Crippen MR) is 92.5 cm³/mol. The van der Waals surface area contributed by atoms with Crippen LogP contribution in [0.25, 0.3) is 0 Å². The Hall–Kier alpha value is -0.840. The molecule has 0 saturated heterocycles. The summed E-state index contributed by atoms with van der Waals surface area (Å²) in [6.45, 7) is 6.10. The maximum Gasteiger partial charge on any atom is 0.122 e. The Morgan fingerprint density at radius 2 is 2.24 bits per heavy atom. The van der Waals surface area contributed by atoms with E-state index >= 15 is 0 Å². The molecule has 0 amide bonds. The molecule has 2 heterocycles. The van der Waals surface area contributed by atoms with Crippen molar-refractivity contribution in [2.75, 3.05) is 13.2 Å². The summed E-state index contributed by atoms with van der Waals surface area (Å²) < 4.78 is 6.95. The number of hydrogen-bond donors (Lipinski definition) is 1. The fourth-order valence-corrected chi connectivity index (χ4v) is 4.45. The highest BCUT2D eigenvalue weighted by molar-refractivity contribution is 9.11. The summed E-state index contributed by atoms with van der Waals surface area (Å²) in [5.41, 5.74) is 3.98. The van der Waals surface area contributed by atoms with E-state index in [1.54, 1.807) is 0 Å². The van der Waals surface area contributed by atoms with Crippen LogP contribution in [-0.2, 0) is 6.42 Å². The maximum absolute atomic E-state index is 5.72. The molecule has 3 rings (SSSR count). The Labute approximate surface area is 138 Å². The Kier molecular flexibility index (Phi) is 4.67. The van der Waals surface area contributed by atoms with Crippen LogP contribution in [0.1, 0.15) is 41.0 Å². The Bertz CT molecular complexity index is 618. The number of ether oxygens (including phenoxy) is 1. The highest BCUT2D eigenvalue weighted by atomic mass is 79.9. The van der Waals surface area contributed by atoms with Crippen molar-refractivity contribution in [3.63, 3.8) is 0 Å². The smallest absolute Gasteiger partial charge is 0.122 e. The van der Waals surface area contributed by atoms with Crippen molar-refractivity contribution in [1.82, 2.24) is 5.32 Å². The van der Waals surface area contributed by atoms with Crippen molar-refractivity contribution < 1.29 is 4.74 Å². The summed E-state index contributed by atoms with van der Waals surface area (Å²) in [4.78, 5) is 1.36.